The lowest BCUT2D eigenvalue weighted by Gasteiger charge is -2.35. The van der Waals surface area contributed by atoms with Crippen molar-refractivity contribution >= 4 is 35.4 Å². The van der Waals surface area contributed by atoms with Crippen molar-refractivity contribution in [3.8, 4) is 0 Å². The maximum Gasteiger partial charge on any atom is 0.336 e. The number of hydrogen-bond acceptors (Lipinski definition) is 5. The minimum absolute atomic E-state index is 0.221. The van der Waals surface area contributed by atoms with Crippen molar-refractivity contribution < 1.29 is 34.5 Å². The minimum atomic E-state index is -2.42. The van der Waals surface area contributed by atoms with Crippen LogP contribution < -0.4 is 0 Å². The van der Waals surface area contributed by atoms with Gasteiger partial charge in [-0.05, 0) is 17.7 Å². The van der Waals surface area contributed by atoms with Crippen LogP contribution in [-0.2, 0) is 19.2 Å². The summed E-state index contributed by atoms with van der Waals surface area (Å²) < 4.78 is 0. The third kappa shape index (κ3) is 4.34. The van der Waals surface area contributed by atoms with E-state index in [0.717, 1.165) is 4.90 Å². The molecule has 1 aliphatic rings. The molecule has 3 N–H and O–H groups in total. The van der Waals surface area contributed by atoms with Crippen LogP contribution in [-0.4, -0.2) is 56.1 Å². The zero-order chi connectivity index (χ0) is 18.8. The van der Waals surface area contributed by atoms with Gasteiger partial charge in [0, 0.05) is 17.5 Å². The van der Waals surface area contributed by atoms with Crippen molar-refractivity contribution in [2.24, 2.45) is 0 Å². The zero-order valence-electron chi connectivity index (χ0n) is 13.0. The Kier molecular flexibility index (Phi) is 5.44. The second-order valence-corrected chi connectivity index (χ2v) is 6.37. The van der Waals surface area contributed by atoms with Crippen molar-refractivity contribution in [1.29, 1.82) is 0 Å². The average Bonchev–Trinajstić information content (AvgIpc) is 2.50. The van der Waals surface area contributed by atoms with Crippen LogP contribution in [0.3, 0.4) is 0 Å². The first-order chi connectivity index (χ1) is 11.6. The Balaban J connectivity index is 2.22. The quantitative estimate of drug-likeness (QED) is 0.633. The van der Waals surface area contributed by atoms with E-state index in [0.29, 0.717) is 10.6 Å². The highest BCUT2D eigenvalue weighted by molar-refractivity contribution is 6.30. The fourth-order valence-corrected chi connectivity index (χ4v) is 2.83. The first-order valence-corrected chi connectivity index (χ1v) is 7.76. The van der Waals surface area contributed by atoms with Crippen LogP contribution in [0.2, 0.25) is 5.02 Å². The molecule has 1 aromatic carbocycles. The number of nitrogens with zero attached hydrogens (tertiary/aromatic N) is 1. The van der Waals surface area contributed by atoms with E-state index in [1.165, 1.54) is 0 Å². The molecule has 0 saturated carbocycles. The lowest BCUT2D eigenvalue weighted by atomic mass is 9.88. The second kappa shape index (κ2) is 7.20. The normalized spacial score (nSPS) is 18.1. The molecule has 134 valence electrons. The molecule has 1 saturated heterocycles. The molecular weight excluding hydrogens is 354 g/mol. The van der Waals surface area contributed by atoms with E-state index < -0.39 is 48.1 Å². The lowest BCUT2D eigenvalue weighted by Crippen LogP contribution is -2.55. The molecule has 1 atom stereocenters. The Labute approximate surface area is 147 Å². The second-order valence-electron chi connectivity index (χ2n) is 5.93. The predicted molar refractivity (Wildman–Crippen MR) is 85.0 cm³/mol. The molecule has 1 unspecified atom stereocenters. The summed E-state index contributed by atoms with van der Waals surface area (Å²) >= 11 is 5.80. The molecule has 0 aromatic heterocycles. The van der Waals surface area contributed by atoms with Crippen molar-refractivity contribution in [3.63, 3.8) is 0 Å². The van der Waals surface area contributed by atoms with Gasteiger partial charge in [0.05, 0.1) is 19.3 Å². The fraction of sp³-hybridized carbons (Fsp3) is 0.375. The average molecular weight is 370 g/mol. The molecule has 2 rings (SSSR count). The molecule has 1 heterocycles. The molecule has 1 aliphatic heterocycles. The molecule has 1 fully saturated rings. The van der Waals surface area contributed by atoms with Gasteiger partial charge >= 0.3 is 11.9 Å². The minimum Gasteiger partial charge on any atom is -0.481 e. The number of carbonyl (C=O) groups excluding carboxylic acids is 2. The maximum atomic E-state index is 12.1. The number of amides is 2. The van der Waals surface area contributed by atoms with Gasteiger partial charge < -0.3 is 15.3 Å². The van der Waals surface area contributed by atoms with Crippen molar-refractivity contribution in [2.45, 2.75) is 30.8 Å². The predicted octanol–water partition coefficient (Wildman–Crippen LogP) is 0.863. The summed E-state index contributed by atoms with van der Waals surface area (Å²) in [6.45, 7) is -0.221. The first kappa shape index (κ1) is 18.9. The van der Waals surface area contributed by atoms with Crippen LogP contribution >= 0.6 is 11.6 Å². The highest BCUT2D eigenvalue weighted by Crippen LogP contribution is 2.29. The van der Waals surface area contributed by atoms with Crippen molar-refractivity contribution in [1.82, 2.24) is 4.90 Å². The summed E-state index contributed by atoms with van der Waals surface area (Å²) in [5, 5.41) is 28.4. The van der Waals surface area contributed by atoms with Gasteiger partial charge in [0.15, 0.2) is 5.60 Å². The number of rotatable bonds is 6. The van der Waals surface area contributed by atoms with Gasteiger partial charge in [-0.1, -0.05) is 23.7 Å². The van der Waals surface area contributed by atoms with Gasteiger partial charge in [-0.15, -0.1) is 0 Å². The molecule has 9 heteroatoms. The topological polar surface area (TPSA) is 132 Å². The Hall–Kier alpha value is -2.45. The molecule has 0 radical (unpaired) electrons. The molecule has 1 aromatic rings. The van der Waals surface area contributed by atoms with Gasteiger partial charge in [-0.2, -0.15) is 0 Å². The SMILES string of the molecule is O=C(O)CC(CN1C(=O)CC(O)(C(=O)O)CC1=O)c1ccc(Cl)cc1. The Morgan fingerprint density at radius 2 is 1.64 bits per heavy atom. The molecule has 8 nitrogen and oxygen atoms in total. The third-order valence-corrected chi connectivity index (χ3v) is 4.30. The van der Waals surface area contributed by atoms with Gasteiger partial charge in [0.25, 0.3) is 0 Å². The summed E-state index contributed by atoms with van der Waals surface area (Å²) in [4.78, 5) is 47.2. The smallest absolute Gasteiger partial charge is 0.336 e. The number of imide groups is 1. The summed E-state index contributed by atoms with van der Waals surface area (Å²) in [5.41, 5.74) is -1.85. The molecule has 25 heavy (non-hydrogen) atoms. The lowest BCUT2D eigenvalue weighted by molar-refractivity contribution is -0.175. The fourth-order valence-electron chi connectivity index (χ4n) is 2.70. The number of carboxylic acids is 2. The van der Waals surface area contributed by atoms with E-state index >= 15 is 0 Å². The van der Waals surface area contributed by atoms with Crippen LogP contribution in [0.15, 0.2) is 24.3 Å². The Morgan fingerprint density at radius 1 is 1.12 bits per heavy atom. The number of carboxylic acid groups (broad SMARTS) is 2. The Bertz CT molecular complexity index is 698. The number of benzene rings is 1. The van der Waals surface area contributed by atoms with E-state index in [1.807, 2.05) is 0 Å². The third-order valence-electron chi connectivity index (χ3n) is 4.05. The standard InChI is InChI=1S/C16H16ClNO7/c17-11-3-1-9(2-4-11)10(5-14(21)22)8-18-12(19)6-16(25,15(23)24)7-13(18)20/h1-4,10,25H,5-8H2,(H,21,22)(H,23,24). The van der Waals surface area contributed by atoms with Crippen LogP contribution in [0.4, 0.5) is 0 Å². The van der Waals surface area contributed by atoms with Crippen LogP contribution in [0.1, 0.15) is 30.7 Å². The molecule has 0 spiro atoms. The molecule has 2 amide bonds. The molecule has 0 aliphatic carbocycles. The number of likely N-dealkylation sites (tertiary alicyclic amines) is 1. The van der Waals surface area contributed by atoms with Gasteiger partial charge in [0.2, 0.25) is 11.8 Å². The van der Waals surface area contributed by atoms with E-state index in [1.54, 1.807) is 24.3 Å². The number of aliphatic carboxylic acids is 2. The summed E-state index contributed by atoms with van der Waals surface area (Å²) in [6.07, 6.45) is -1.81. The first-order valence-electron chi connectivity index (χ1n) is 7.38. The monoisotopic (exact) mass is 369 g/mol. The van der Waals surface area contributed by atoms with Crippen molar-refractivity contribution in [2.75, 3.05) is 6.54 Å². The summed E-state index contributed by atoms with van der Waals surface area (Å²) in [7, 11) is 0. The van der Waals surface area contributed by atoms with Gasteiger partial charge in [-0.25, -0.2) is 4.79 Å². The highest BCUT2D eigenvalue weighted by Gasteiger charge is 2.48. The summed E-state index contributed by atoms with van der Waals surface area (Å²) in [6, 6.07) is 6.33. The van der Waals surface area contributed by atoms with E-state index in [2.05, 4.69) is 0 Å². The van der Waals surface area contributed by atoms with E-state index in [9.17, 15) is 24.3 Å². The van der Waals surface area contributed by atoms with E-state index in [4.69, 9.17) is 21.8 Å². The Morgan fingerprint density at radius 3 is 2.08 bits per heavy atom. The number of piperidine rings is 1. The molecular formula is C16H16ClNO7. The van der Waals surface area contributed by atoms with E-state index in [-0.39, 0.29) is 13.0 Å². The van der Waals surface area contributed by atoms with Gasteiger partial charge in [0.1, 0.15) is 0 Å². The van der Waals surface area contributed by atoms with Gasteiger partial charge in [-0.3, -0.25) is 19.3 Å². The highest BCUT2D eigenvalue weighted by atomic mass is 35.5. The van der Waals surface area contributed by atoms with Crippen molar-refractivity contribution in [3.05, 3.63) is 34.9 Å². The summed E-state index contributed by atoms with van der Waals surface area (Å²) in [5.74, 6) is -5.15. The number of aliphatic hydroxyl groups is 1. The number of carbonyl (C=O) groups is 4. The van der Waals surface area contributed by atoms with Crippen LogP contribution in [0.5, 0.6) is 0 Å². The largest absolute Gasteiger partial charge is 0.481 e. The zero-order valence-corrected chi connectivity index (χ0v) is 13.8. The van der Waals surface area contributed by atoms with Crippen LogP contribution in [0, 0.1) is 0 Å². The number of hydrogen-bond donors (Lipinski definition) is 3. The number of halogens is 1. The molecule has 0 bridgehead atoms. The van der Waals surface area contributed by atoms with Crippen LogP contribution in [0.25, 0.3) is 0 Å². The maximum absolute atomic E-state index is 12.1.